The van der Waals surface area contributed by atoms with Crippen LogP contribution in [0.4, 0.5) is 22.0 Å². The number of nitrogens with one attached hydrogen (secondary N) is 2. The lowest BCUT2D eigenvalue weighted by atomic mass is 10.1. The van der Waals surface area contributed by atoms with Crippen LogP contribution >= 0.6 is 0 Å². The predicted octanol–water partition coefficient (Wildman–Crippen LogP) is 3.97. The van der Waals surface area contributed by atoms with Crippen molar-refractivity contribution in [1.29, 1.82) is 0 Å². The highest BCUT2D eigenvalue weighted by atomic mass is 16.6. The van der Waals surface area contributed by atoms with Gasteiger partial charge in [-0.2, -0.15) is 0 Å². The number of fused-ring (bicyclic) bond motifs is 1. The number of nitro groups is 1. The van der Waals surface area contributed by atoms with E-state index in [-0.39, 0.29) is 24.5 Å². The van der Waals surface area contributed by atoms with Crippen LogP contribution in [0.2, 0.25) is 0 Å². The number of hydrogen-bond acceptors (Lipinski definition) is 6. The first-order valence-corrected chi connectivity index (χ1v) is 9.58. The average Bonchev–Trinajstić information content (AvgIpc) is 3.25. The highest BCUT2D eigenvalue weighted by Crippen LogP contribution is 2.31. The van der Waals surface area contributed by atoms with Crippen LogP contribution in [0, 0.1) is 17.0 Å². The van der Waals surface area contributed by atoms with Gasteiger partial charge in [0.15, 0.2) is 5.60 Å². The molecule has 1 aliphatic heterocycles. The number of aryl methyl sites for hydroxylation is 1. The van der Waals surface area contributed by atoms with E-state index in [2.05, 4.69) is 15.6 Å². The number of aromatic nitrogens is 2. The molecule has 1 atom stereocenters. The Hall–Kier alpha value is -4.08. The maximum Gasteiger partial charge on any atom is 0.415 e. The number of benzene rings is 2. The summed E-state index contributed by atoms with van der Waals surface area (Å²) in [7, 11) is 0. The second-order valence-electron chi connectivity index (χ2n) is 7.58. The van der Waals surface area contributed by atoms with Gasteiger partial charge >= 0.3 is 17.9 Å². The van der Waals surface area contributed by atoms with Crippen molar-refractivity contribution in [2.24, 2.45) is 0 Å². The minimum Gasteiger partial charge on any atom is -0.489 e. The monoisotopic (exact) mass is 423 g/mol. The lowest BCUT2D eigenvalue weighted by Gasteiger charge is -2.22. The van der Waals surface area contributed by atoms with Gasteiger partial charge in [0.05, 0.1) is 6.54 Å². The third-order valence-corrected chi connectivity index (χ3v) is 4.72. The number of urea groups is 1. The Morgan fingerprint density at radius 1 is 1.19 bits per heavy atom. The maximum atomic E-state index is 12.1. The van der Waals surface area contributed by atoms with Crippen LogP contribution in [0.25, 0.3) is 0 Å². The lowest BCUT2D eigenvalue weighted by molar-refractivity contribution is -0.389. The quantitative estimate of drug-likeness (QED) is 0.457. The van der Waals surface area contributed by atoms with E-state index >= 15 is 0 Å². The molecule has 0 saturated carbocycles. The number of hydrogen-bond donors (Lipinski definition) is 2. The Morgan fingerprint density at radius 2 is 1.81 bits per heavy atom. The summed E-state index contributed by atoms with van der Waals surface area (Å²) in [6.45, 7) is 4.44. The summed E-state index contributed by atoms with van der Waals surface area (Å²) in [4.78, 5) is 26.2. The zero-order chi connectivity index (χ0) is 22.0. The van der Waals surface area contributed by atoms with Crippen molar-refractivity contribution >= 4 is 23.2 Å². The van der Waals surface area contributed by atoms with Crippen LogP contribution in [0.3, 0.4) is 0 Å². The highest BCUT2D eigenvalue weighted by molar-refractivity contribution is 5.99. The molecule has 2 amide bonds. The van der Waals surface area contributed by atoms with Gasteiger partial charge in [0, 0.05) is 16.4 Å². The average molecular weight is 423 g/mol. The summed E-state index contributed by atoms with van der Waals surface area (Å²) in [5.74, 6) is 0.359. The van der Waals surface area contributed by atoms with Gasteiger partial charge in [-0.15, -0.1) is 0 Å². The third-order valence-electron chi connectivity index (χ3n) is 4.72. The number of imidazole rings is 1. The van der Waals surface area contributed by atoms with E-state index in [0.717, 1.165) is 5.56 Å². The molecule has 0 fully saturated rings. The first-order chi connectivity index (χ1) is 14.8. The number of nitrogens with zero attached hydrogens (tertiary/aromatic N) is 3. The standard InChI is InChI=1S/C21H21N5O5/c1-14-3-5-15(6-4-14)22-19(27)23-16-7-9-17(10-8-16)30-13-21(2)12-25-11-18(26(28)29)24-20(25)31-21/h3-11H,12-13H2,1-2H3,(H2,22,23,27). The summed E-state index contributed by atoms with van der Waals surface area (Å²) in [6.07, 6.45) is 1.35. The summed E-state index contributed by atoms with van der Waals surface area (Å²) in [5.41, 5.74) is 1.75. The molecule has 0 spiro atoms. The molecule has 3 aromatic rings. The molecule has 1 unspecified atom stereocenters. The predicted molar refractivity (Wildman–Crippen MR) is 114 cm³/mol. The molecule has 160 valence electrons. The topological polar surface area (TPSA) is 121 Å². The fraction of sp³-hybridized carbons (Fsp3) is 0.238. The smallest absolute Gasteiger partial charge is 0.415 e. The van der Waals surface area contributed by atoms with E-state index in [4.69, 9.17) is 9.47 Å². The zero-order valence-corrected chi connectivity index (χ0v) is 17.0. The minimum atomic E-state index is -0.692. The van der Waals surface area contributed by atoms with Crippen LogP contribution < -0.4 is 20.1 Å². The Kier molecular flexibility index (Phi) is 5.20. The largest absolute Gasteiger partial charge is 0.489 e. The van der Waals surface area contributed by atoms with Crippen molar-refractivity contribution in [3.63, 3.8) is 0 Å². The van der Waals surface area contributed by atoms with Gasteiger partial charge in [-0.1, -0.05) is 17.7 Å². The van der Waals surface area contributed by atoms with Crippen LogP contribution in [0.5, 0.6) is 11.8 Å². The molecule has 0 bridgehead atoms. The maximum absolute atomic E-state index is 12.1. The second kappa shape index (κ2) is 7.98. The van der Waals surface area contributed by atoms with E-state index < -0.39 is 10.5 Å². The Labute approximate surface area is 178 Å². The normalized spacial score (nSPS) is 16.8. The summed E-state index contributed by atoms with van der Waals surface area (Å²) in [5, 5.41) is 16.3. The second-order valence-corrected chi connectivity index (χ2v) is 7.58. The van der Waals surface area contributed by atoms with E-state index in [9.17, 15) is 14.9 Å². The number of carbonyl (C=O) groups is 1. The van der Waals surface area contributed by atoms with Crippen molar-refractivity contribution in [2.75, 3.05) is 17.2 Å². The van der Waals surface area contributed by atoms with Gasteiger partial charge < -0.3 is 30.2 Å². The van der Waals surface area contributed by atoms with Crippen molar-refractivity contribution in [3.8, 4) is 11.8 Å². The van der Waals surface area contributed by atoms with Gasteiger partial charge in [0.25, 0.3) is 0 Å². The first-order valence-electron chi connectivity index (χ1n) is 9.58. The van der Waals surface area contributed by atoms with Gasteiger partial charge in [0.1, 0.15) is 18.6 Å². The molecular formula is C21H21N5O5. The van der Waals surface area contributed by atoms with Gasteiger partial charge in [-0.05, 0) is 55.2 Å². The Balaban J connectivity index is 1.28. The number of amides is 2. The van der Waals surface area contributed by atoms with Crippen LogP contribution in [0.15, 0.2) is 54.7 Å². The van der Waals surface area contributed by atoms with Gasteiger partial charge in [-0.25, -0.2) is 4.79 Å². The molecule has 4 rings (SSSR count). The van der Waals surface area contributed by atoms with Crippen molar-refractivity contribution in [2.45, 2.75) is 26.0 Å². The molecule has 1 aromatic heterocycles. The van der Waals surface area contributed by atoms with E-state index in [0.29, 0.717) is 23.7 Å². The number of carbonyl (C=O) groups excluding carboxylic acids is 1. The number of anilines is 2. The van der Waals surface area contributed by atoms with Crippen molar-refractivity contribution < 1.29 is 19.2 Å². The zero-order valence-electron chi connectivity index (χ0n) is 17.0. The lowest BCUT2D eigenvalue weighted by Crippen LogP contribution is -2.38. The third kappa shape index (κ3) is 4.74. The van der Waals surface area contributed by atoms with E-state index in [1.165, 1.54) is 6.20 Å². The molecule has 2 N–H and O–H groups in total. The van der Waals surface area contributed by atoms with Crippen LogP contribution in [-0.2, 0) is 6.54 Å². The molecule has 31 heavy (non-hydrogen) atoms. The van der Waals surface area contributed by atoms with E-state index in [1.54, 1.807) is 28.8 Å². The molecule has 10 heteroatoms. The SMILES string of the molecule is Cc1ccc(NC(=O)Nc2ccc(OCC3(C)Cn4cc([N+](=O)[O-])nc4O3)cc2)cc1. The fourth-order valence-corrected chi connectivity index (χ4v) is 3.16. The molecule has 2 heterocycles. The Morgan fingerprint density at radius 3 is 2.39 bits per heavy atom. The number of ether oxygens (including phenoxy) is 2. The minimum absolute atomic E-state index is 0.205. The van der Waals surface area contributed by atoms with Crippen LogP contribution in [-0.4, -0.2) is 32.7 Å². The molecular weight excluding hydrogens is 402 g/mol. The van der Waals surface area contributed by atoms with Gasteiger partial charge in [0.2, 0.25) is 0 Å². The van der Waals surface area contributed by atoms with Crippen molar-refractivity contribution in [3.05, 3.63) is 70.4 Å². The first kappa shape index (κ1) is 20.2. The molecule has 10 nitrogen and oxygen atoms in total. The summed E-state index contributed by atoms with van der Waals surface area (Å²) < 4.78 is 13.2. The molecule has 0 saturated heterocycles. The molecule has 2 aromatic carbocycles. The summed E-state index contributed by atoms with van der Waals surface area (Å²) >= 11 is 0. The van der Waals surface area contributed by atoms with Crippen LogP contribution in [0.1, 0.15) is 12.5 Å². The van der Waals surface area contributed by atoms with Crippen molar-refractivity contribution in [1.82, 2.24) is 9.55 Å². The van der Waals surface area contributed by atoms with Gasteiger partial charge in [-0.3, -0.25) is 4.57 Å². The number of rotatable bonds is 6. The highest BCUT2D eigenvalue weighted by Gasteiger charge is 2.41. The molecule has 1 aliphatic rings. The van der Waals surface area contributed by atoms with E-state index in [1.807, 2.05) is 38.1 Å². The fourth-order valence-electron chi connectivity index (χ4n) is 3.16. The molecule has 0 aliphatic carbocycles. The molecule has 0 radical (unpaired) electrons. The Bertz CT molecular complexity index is 1080. The summed E-state index contributed by atoms with van der Waals surface area (Å²) in [6, 6.07) is 14.3.